The largest absolute Gasteiger partial charge is 0.399 e. The molecule has 0 unspecified atom stereocenters. The fourth-order valence-corrected chi connectivity index (χ4v) is 1.32. The van der Waals surface area contributed by atoms with E-state index in [1.807, 2.05) is 0 Å². The standard InChI is InChI=1S/C10H10N4O/c1-14-9(6-12-13-14)10(15)7-3-2-4-8(11)5-7/h2-6H,11H2,1H3. The minimum Gasteiger partial charge on any atom is -0.399 e. The van der Waals surface area contributed by atoms with Crippen LogP contribution in [0.25, 0.3) is 0 Å². The Morgan fingerprint density at radius 3 is 2.87 bits per heavy atom. The zero-order chi connectivity index (χ0) is 10.8. The maximum Gasteiger partial charge on any atom is 0.212 e. The van der Waals surface area contributed by atoms with E-state index in [0.717, 1.165) is 0 Å². The Labute approximate surface area is 86.5 Å². The van der Waals surface area contributed by atoms with Gasteiger partial charge in [-0.25, -0.2) is 4.68 Å². The number of rotatable bonds is 2. The van der Waals surface area contributed by atoms with Crippen molar-refractivity contribution in [2.75, 3.05) is 5.73 Å². The van der Waals surface area contributed by atoms with Crippen molar-refractivity contribution in [1.82, 2.24) is 15.0 Å². The third-order valence-electron chi connectivity index (χ3n) is 2.10. The van der Waals surface area contributed by atoms with Crippen molar-refractivity contribution >= 4 is 11.5 Å². The van der Waals surface area contributed by atoms with Gasteiger partial charge in [-0.05, 0) is 12.1 Å². The lowest BCUT2D eigenvalue weighted by atomic mass is 10.1. The SMILES string of the molecule is Cn1nncc1C(=O)c1cccc(N)c1. The van der Waals surface area contributed by atoms with Gasteiger partial charge in [0.1, 0.15) is 5.69 Å². The van der Waals surface area contributed by atoms with Gasteiger partial charge in [-0.1, -0.05) is 17.3 Å². The number of carbonyl (C=O) groups excluding carboxylic acids is 1. The normalized spacial score (nSPS) is 10.2. The lowest BCUT2D eigenvalue weighted by Gasteiger charge is -2.01. The Hall–Kier alpha value is -2.17. The molecule has 0 radical (unpaired) electrons. The Balaban J connectivity index is 2.41. The fraction of sp³-hybridized carbons (Fsp3) is 0.100. The van der Waals surface area contributed by atoms with Gasteiger partial charge in [-0.3, -0.25) is 4.79 Å². The molecule has 0 aliphatic rings. The van der Waals surface area contributed by atoms with Gasteiger partial charge in [0.25, 0.3) is 0 Å². The van der Waals surface area contributed by atoms with Gasteiger partial charge in [0.15, 0.2) is 0 Å². The first-order valence-electron chi connectivity index (χ1n) is 4.43. The highest BCUT2D eigenvalue weighted by Crippen LogP contribution is 2.11. The number of anilines is 1. The molecule has 1 aromatic heterocycles. The molecule has 0 bridgehead atoms. The molecule has 2 aromatic rings. The van der Waals surface area contributed by atoms with Crippen LogP contribution in [0, 0.1) is 0 Å². The smallest absolute Gasteiger partial charge is 0.212 e. The average Bonchev–Trinajstić information content (AvgIpc) is 2.63. The van der Waals surface area contributed by atoms with E-state index in [-0.39, 0.29) is 5.78 Å². The summed E-state index contributed by atoms with van der Waals surface area (Å²) in [4.78, 5) is 11.9. The van der Waals surface area contributed by atoms with Crippen molar-refractivity contribution < 1.29 is 4.79 Å². The minimum absolute atomic E-state index is 0.130. The van der Waals surface area contributed by atoms with E-state index in [9.17, 15) is 4.79 Å². The van der Waals surface area contributed by atoms with Crippen molar-refractivity contribution in [3.63, 3.8) is 0 Å². The number of aromatic nitrogens is 3. The number of hydrogen-bond acceptors (Lipinski definition) is 4. The molecule has 0 saturated heterocycles. The average molecular weight is 202 g/mol. The molecule has 0 atom stereocenters. The van der Waals surface area contributed by atoms with Crippen molar-refractivity contribution in [3.05, 3.63) is 41.7 Å². The predicted molar refractivity (Wildman–Crippen MR) is 55.3 cm³/mol. The number of carbonyl (C=O) groups is 1. The molecule has 0 spiro atoms. The van der Waals surface area contributed by atoms with Crippen LogP contribution in [0.4, 0.5) is 5.69 Å². The van der Waals surface area contributed by atoms with Gasteiger partial charge in [0, 0.05) is 18.3 Å². The fourth-order valence-electron chi connectivity index (χ4n) is 1.32. The molecule has 2 N–H and O–H groups in total. The molecule has 1 heterocycles. The second-order valence-corrected chi connectivity index (χ2v) is 3.20. The number of nitrogens with two attached hydrogens (primary N) is 1. The maximum atomic E-state index is 11.9. The minimum atomic E-state index is -0.130. The summed E-state index contributed by atoms with van der Waals surface area (Å²) in [5.74, 6) is -0.130. The van der Waals surface area contributed by atoms with Crippen LogP contribution in [-0.2, 0) is 7.05 Å². The molecule has 0 aliphatic carbocycles. The third-order valence-corrected chi connectivity index (χ3v) is 2.10. The molecule has 5 heteroatoms. The lowest BCUT2D eigenvalue weighted by Crippen LogP contribution is -2.08. The van der Waals surface area contributed by atoms with Crippen LogP contribution in [0.15, 0.2) is 30.5 Å². The number of nitrogen functional groups attached to an aromatic ring is 1. The Morgan fingerprint density at radius 1 is 1.47 bits per heavy atom. The molecule has 76 valence electrons. The summed E-state index contributed by atoms with van der Waals surface area (Å²) in [6.45, 7) is 0. The van der Waals surface area contributed by atoms with Crippen molar-refractivity contribution in [1.29, 1.82) is 0 Å². The Bertz CT molecular complexity index is 504. The van der Waals surface area contributed by atoms with Gasteiger partial charge in [0.2, 0.25) is 5.78 Å². The third kappa shape index (κ3) is 1.71. The second kappa shape index (κ2) is 3.53. The molecule has 0 amide bonds. The first-order chi connectivity index (χ1) is 7.18. The van der Waals surface area contributed by atoms with E-state index in [4.69, 9.17) is 5.73 Å². The van der Waals surface area contributed by atoms with Gasteiger partial charge in [0.05, 0.1) is 6.20 Å². The Morgan fingerprint density at radius 2 is 2.27 bits per heavy atom. The summed E-state index contributed by atoms with van der Waals surface area (Å²) in [6.07, 6.45) is 1.44. The summed E-state index contributed by atoms with van der Waals surface area (Å²) in [7, 11) is 1.67. The van der Waals surface area contributed by atoms with Crippen LogP contribution >= 0.6 is 0 Å². The lowest BCUT2D eigenvalue weighted by molar-refractivity contribution is 0.103. The van der Waals surface area contributed by atoms with E-state index in [1.165, 1.54) is 10.9 Å². The van der Waals surface area contributed by atoms with E-state index in [1.54, 1.807) is 31.3 Å². The molecular formula is C10H10N4O. The monoisotopic (exact) mass is 202 g/mol. The van der Waals surface area contributed by atoms with E-state index in [2.05, 4.69) is 10.3 Å². The highest BCUT2D eigenvalue weighted by Gasteiger charge is 2.13. The van der Waals surface area contributed by atoms with Gasteiger partial charge in [-0.15, -0.1) is 5.10 Å². The first kappa shape index (κ1) is 9.39. The molecule has 2 rings (SSSR count). The summed E-state index contributed by atoms with van der Waals surface area (Å²) in [5.41, 5.74) is 7.15. The highest BCUT2D eigenvalue weighted by molar-refractivity contribution is 6.08. The number of ketones is 1. The summed E-state index contributed by atoms with van der Waals surface area (Å²) in [6, 6.07) is 6.83. The van der Waals surface area contributed by atoms with Crippen LogP contribution < -0.4 is 5.73 Å². The highest BCUT2D eigenvalue weighted by atomic mass is 16.1. The summed E-state index contributed by atoms with van der Waals surface area (Å²) in [5, 5.41) is 7.35. The summed E-state index contributed by atoms with van der Waals surface area (Å²) >= 11 is 0. The number of hydrogen-bond donors (Lipinski definition) is 1. The van der Waals surface area contributed by atoms with Crippen LogP contribution in [-0.4, -0.2) is 20.8 Å². The predicted octanol–water partition coefficient (Wildman–Crippen LogP) is 0.628. The molecule has 0 saturated carbocycles. The van der Waals surface area contributed by atoms with Gasteiger partial charge in [-0.2, -0.15) is 0 Å². The maximum absolute atomic E-state index is 11.9. The zero-order valence-corrected chi connectivity index (χ0v) is 8.21. The van der Waals surface area contributed by atoms with Gasteiger partial charge < -0.3 is 5.73 Å². The quantitative estimate of drug-likeness (QED) is 0.572. The number of nitrogens with zero attached hydrogens (tertiary/aromatic N) is 3. The van der Waals surface area contributed by atoms with Crippen molar-refractivity contribution in [2.24, 2.45) is 7.05 Å². The van der Waals surface area contributed by atoms with Crippen molar-refractivity contribution in [3.8, 4) is 0 Å². The first-order valence-corrected chi connectivity index (χ1v) is 4.43. The second-order valence-electron chi connectivity index (χ2n) is 3.20. The van der Waals surface area contributed by atoms with E-state index >= 15 is 0 Å². The van der Waals surface area contributed by atoms with Crippen LogP contribution in [0.5, 0.6) is 0 Å². The topological polar surface area (TPSA) is 73.8 Å². The molecule has 5 nitrogen and oxygen atoms in total. The van der Waals surface area contributed by atoms with Crippen LogP contribution in [0.2, 0.25) is 0 Å². The van der Waals surface area contributed by atoms with Crippen LogP contribution in [0.1, 0.15) is 16.1 Å². The summed E-state index contributed by atoms with van der Waals surface area (Å²) < 4.78 is 1.44. The Kier molecular flexibility index (Phi) is 2.21. The molecule has 0 fully saturated rings. The van der Waals surface area contributed by atoms with E-state index < -0.39 is 0 Å². The number of benzene rings is 1. The van der Waals surface area contributed by atoms with Gasteiger partial charge >= 0.3 is 0 Å². The molecular weight excluding hydrogens is 192 g/mol. The molecule has 15 heavy (non-hydrogen) atoms. The zero-order valence-electron chi connectivity index (χ0n) is 8.21. The van der Waals surface area contributed by atoms with E-state index in [0.29, 0.717) is 16.9 Å². The molecule has 1 aromatic carbocycles. The van der Waals surface area contributed by atoms with Crippen LogP contribution in [0.3, 0.4) is 0 Å². The van der Waals surface area contributed by atoms with Crippen molar-refractivity contribution in [2.45, 2.75) is 0 Å². The molecule has 0 aliphatic heterocycles. The number of aryl methyl sites for hydroxylation is 1.